The number of amides is 1. The monoisotopic (exact) mass is 264 g/mol. The molecule has 2 bridgehead atoms. The third-order valence-electron chi connectivity index (χ3n) is 6.01. The lowest BCUT2D eigenvalue weighted by Crippen LogP contribution is -2.49. The van der Waals surface area contributed by atoms with Crippen LogP contribution in [-0.2, 0) is 4.79 Å². The molecule has 3 N–H and O–H groups in total. The second-order valence-corrected chi connectivity index (χ2v) is 7.13. The molecule has 4 unspecified atom stereocenters. The van der Waals surface area contributed by atoms with E-state index in [1.165, 1.54) is 51.4 Å². The van der Waals surface area contributed by atoms with Gasteiger partial charge in [0.25, 0.3) is 0 Å². The van der Waals surface area contributed by atoms with Crippen molar-refractivity contribution in [3.05, 3.63) is 0 Å². The molecule has 19 heavy (non-hydrogen) atoms. The van der Waals surface area contributed by atoms with Gasteiger partial charge in [-0.25, -0.2) is 0 Å². The largest absolute Gasteiger partial charge is 0.353 e. The molecular formula is C16H28N2O. The molecule has 3 fully saturated rings. The SMILES string of the molecule is C[C@H](NC(=O)C1C2CCC(C2)C1N)C1CCCCC1. The molecule has 3 saturated carbocycles. The Balaban J connectivity index is 1.56. The second kappa shape index (κ2) is 5.43. The van der Waals surface area contributed by atoms with Crippen LogP contribution in [-0.4, -0.2) is 18.0 Å². The maximum Gasteiger partial charge on any atom is 0.225 e. The molecule has 5 atom stereocenters. The summed E-state index contributed by atoms with van der Waals surface area (Å²) in [5.74, 6) is 2.22. The van der Waals surface area contributed by atoms with E-state index in [0.717, 1.165) is 0 Å². The van der Waals surface area contributed by atoms with Crippen molar-refractivity contribution in [2.24, 2.45) is 29.4 Å². The van der Waals surface area contributed by atoms with Crippen molar-refractivity contribution >= 4 is 5.91 Å². The van der Waals surface area contributed by atoms with E-state index < -0.39 is 0 Å². The molecule has 0 heterocycles. The predicted octanol–water partition coefficient (Wildman–Crippen LogP) is 2.44. The van der Waals surface area contributed by atoms with E-state index in [-0.39, 0.29) is 17.9 Å². The molecule has 3 rings (SSSR count). The van der Waals surface area contributed by atoms with Gasteiger partial charge in [-0.1, -0.05) is 19.3 Å². The Labute approximate surface area is 116 Å². The fourth-order valence-electron chi connectivity index (χ4n) is 4.80. The van der Waals surface area contributed by atoms with Gasteiger partial charge in [-0.3, -0.25) is 4.79 Å². The van der Waals surface area contributed by atoms with Crippen LogP contribution in [0.2, 0.25) is 0 Å². The number of hydrogen-bond acceptors (Lipinski definition) is 2. The molecule has 0 radical (unpaired) electrons. The molecule has 108 valence electrons. The van der Waals surface area contributed by atoms with Crippen LogP contribution in [0.25, 0.3) is 0 Å². The lowest BCUT2D eigenvalue weighted by atomic mass is 9.82. The zero-order chi connectivity index (χ0) is 13.4. The molecule has 0 aromatic rings. The Morgan fingerprint density at radius 2 is 1.79 bits per heavy atom. The predicted molar refractivity (Wildman–Crippen MR) is 76.5 cm³/mol. The van der Waals surface area contributed by atoms with Crippen LogP contribution in [0.1, 0.15) is 58.3 Å². The molecule has 0 saturated heterocycles. The third-order valence-corrected chi connectivity index (χ3v) is 6.01. The lowest BCUT2D eigenvalue weighted by Gasteiger charge is -2.32. The Morgan fingerprint density at radius 1 is 1.11 bits per heavy atom. The van der Waals surface area contributed by atoms with E-state index in [4.69, 9.17) is 5.73 Å². The van der Waals surface area contributed by atoms with Gasteiger partial charge in [-0.2, -0.15) is 0 Å². The highest BCUT2D eigenvalue weighted by atomic mass is 16.2. The van der Waals surface area contributed by atoms with Crippen LogP contribution in [0.3, 0.4) is 0 Å². The highest BCUT2D eigenvalue weighted by Crippen LogP contribution is 2.47. The Bertz CT molecular complexity index is 336. The van der Waals surface area contributed by atoms with Crippen LogP contribution >= 0.6 is 0 Å². The minimum absolute atomic E-state index is 0.102. The number of carbonyl (C=O) groups excluding carboxylic acids is 1. The van der Waals surface area contributed by atoms with Crippen LogP contribution < -0.4 is 11.1 Å². The normalized spacial score (nSPS) is 40.3. The van der Waals surface area contributed by atoms with Crippen LogP contribution in [0.15, 0.2) is 0 Å². The van der Waals surface area contributed by atoms with Crippen LogP contribution in [0, 0.1) is 23.7 Å². The first kappa shape index (κ1) is 13.4. The van der Waals surface area contributed by atoms with Gasteiger partial charge in [-0.15, -0.1) is 0 Å². The van der Waals surface area contributed by atoms with E-state index in [9.17, 15) is 4.79 Å². The van der Waals surface area contributed by atoms with Crippen molar-refractivity contribution in [3.8, 4) is 0 Å². The van der Waals surface area contributed by atoms with E-state index in [1.807, 2.05) is 0 Å². The van der Waals surface area contributed by atoms with Gasteiger partial charge in [0.05, 0.1) is 5.92 Å². The summed E-state index contributed by atoms with van der Waals surface area (Å²) in [6.45, 7) is 2.19. The van der Waals surface area contributed by atoms with Crippen molar-refractivity contribution in [1.82, 2.24) is 5.32 Å². The first-order valence-electron chi connectivity index (χ1n) is 8.22. The average molecular weight is 264 g/mol. The summed E-state index contributed by atoms with van der Waals surface area (Å²) >= 11 is 0. The number of carbonyl (C=O) groups is 1. The molecule has 3 nitrogen and oxygen atoms in total. The molecule has 0 aromatic heterocycles. The van der Waals surface area contributed by atoms with Gasteiger partial charge >= 0.3 is 0 Å². The van der Waals surface area contributed by atoms with Gasteiger partial charge in [0.2, 0.25) is 5.91 Å². The summed E-state index contributed by atoms with van der Waals surface area (Å²) in [4.78, 5) is 12.5. The minimum Gasteiger partial charge on any atom is -0.353 e. The Kier molecular flexibility index (Phi) is 3.84. The van der Waals surface area contributed by atoms with Crippen molar-refractivity contribution in [1.29, 1.82) is 0 Å². The number of nitrogens with one attached hydrogen (secondary N) is 1. The van der Waals surface area contributed by atoms with Crippen molar-refractivity contribution < 1.29 is 4.79 Å². The van der Waals surface area contributed by atoms with Gasteiger partial charge in [0.15, 0.2) is 0 Å². The van der Waals surface area contributed by atoms with Crippen molar-refractivity contribution in [3.63, 3.8) is 0 Å². The summed E-state index contributed by atoms with van der Waals surface area (Å²) in [5.41, 5.74) is 6.26. The molecule has 1 amide bonds. The quantitative estimate of drug-likeness (QED) is 0.822. The highest BCUT2D eigenvalue weighted by molar-refractivity contribution is 5.80. The highest BCUT2D eigenvalue weighted by Gasteiger charge is 2.49. The molecule has 3 aliphatic carbocycles. The smallest absolute Gasteiger partial charge is 0.225 e. The van der Waals surface area contributed by atoms with E-state index in [1.54, 1.807) is 0 Å². The number of fused-ring (bicyclic) bond motifs is 2. The average Bonchev–Trinajstić information content (AvgIpc) is 3.00. The fraction of sp³-hybridized carbons (Fsp3) is 0.938. The summed E-state index contributed by atoms with van der Waals surface area (Å²) in [7, 11) is 0. The zero-order valence-corrected chi connectivity index (χ0v) is 12.1. The first-order chi connectivity index (χ1) is 9.16. The summed E-state index contributed by atoms with van der Waals surface area (Å²) in [5, 5.41) is 3.29. The van der Waals surface area contributed by atoms with Crippen LogP contribution in [0.4, 0.5) is 0 Å². The Hall–Kier alpha value is -0.570. The molecular weight excluding hydrogens is 236 g/mol. The lowest BCUT2D eigenvalue weighted by molar-refractivity contribution is -0.128. The summed E-state index contributed by atoms with van der Waals surface area (Å²) < 4.78 is 0. The summed E-state index contributed by atoms with van der Waals surface area (Å²) in [6.07, 6.45) is 10.2. The zero-order valence-electron chi connectivity index (χ0n) is 12.1. The third kappa shape index (κ3) is 2.54. The fourth-order valence-corrected chi connectivity index (χ4v) is 4.80. The molecule has 0 aromatic carbocycles. The van der Waals surface area contributed by atoms with Gasteiger partial charge in [0.1, 0.15) is 0 Å². The topological polar surface area (TPSA) is 55.1 Å². The Morgan fingerprint density at radius 3 is 2.42 bits per heavy atom. The maximum absolute atomic E-state index is 12.5. The maximum atomic E-state index is 12.5. The summed E-state index contributed by atoms with van der Waals surface area (Å²) in [6, 6.07) is 0.455. The molecule has 0 spiro atoms. The number of nitrogens with two attached hydrogens (primary N) is 1. The first-order valence-corrected chi connectivity index (χ1v) is 8.22. The second-order valence-electron chi connectivity index (χ2n) is 7.13. The number of hydrogen-bond donors (Lipinski definition) is 2. The van der Waals surface area contributed by atoms with Gasteiger partial charge in [-0.05, 0) is 56.8 Å². The van der Waals surface area contributed by atoms with Crippen molar-refractivity contribution in [2.75, 3.05) is 0 Å². The molecule has 3 aliphatic rings. The van der Waals surface area contributed by atoms with Gasteiger partial charge in [0, 0.05) is 12.1 Å². The van der Waals surface area contributed by atoms with Crippen LogP contribution in [0.5, 0.6) is 0 Å². The van der Waals surface area contributed by atoms with Crippen molar-refractivity contribution in [2.45, 2.75) is 70.4 Å². The molecule has 3 heteroatoms. The van der Waals surface area contributed by atoms with E-state index >= 15 is 0 Å². The number of rotatable bonds is 3. The van der Waals surface area contributed by atoms with E-state index in [0.29, 0.717) is 23.8 Å². The standard InChI is InChI=1S/C16H28N2O/c1-10(11-5-3-2-4-6-11)18-16(19)14-12-7-8-13(9-12)15(14)17/h10-15H,2-9,17H2,1H3,(H,18,19)/t10-,12?,13?,14?,15?/m0/s1. The van der Waals surface area contributed by atoms with Gasteiger partial charge < -0.3 is 11.1 Å². The van der Waals surface area contributed by atoms with E-state index in [2.05, 4.69) is 12.2 Å². The minimum atomic E-state index is 0.102. The molecule has 0 aliphatic heterocycles.